The number of nitrogens with zero attached hydrogens (tertiary/aromatic N) is 3. The highest BCUT2D eigenvalue weighted by atomic mass is 32.2. The SMILES string of the molecule is Cc1ccc(S(=O)(=O)N2CCCCC2)cc1C(=O)N1CCN(CCc2cccs2)CC1. The van der Waals surface area contributed by atoms with E-state index >= 15 is 0 Å². The van der Waals surface area contributed by atoms with Gasteiger partial charge in [-0.2, -0.15) is 4.31 Å². The van der Waals surface area contributed by atoms with Crippen molar-refractivity contribution >= 4 is 27.3 Å². The molecule has 1 aromatic carbocycles. The molecule has 1 aromatic heterocycles. The van der Waals surface area contributed by atoms with Crippen LogP contribution in [-0.4, -0.2) is 74.2 Å². The van der Waals surface area contributed by atoms with Gasteiger partial charge in [0.15, 0.2) is 0 Å². The van der Waals surface area contributed by atoms with Crippen molar-refractivity contribution < 1.29 is 13.2 Å². The summed E-state index contributed by atoms with van der Waals surface area (Å²) in [5, 5.41) is 2.11. The van der Waals surface area contributed by atoms with Gasteiger partial charge in [0.2, 0.25) is 10.0 Å². The van der Waals surface area contributed by atoms with Gasteiger partial charge in [0, 0.05) is 56.3 Å². The van der Waals surface area contributed by atoms with E-state index in [0.29, 0.717) is 31.7 Å². The number of piperidine rings is 1. The van der Waals surface area contributed by atoms with Crippen LogP contribution in [-0.2, 0) is 16.4 Å². The van der Waals surface area contributed by atoms with Crippen molar-refractivity contribution in [1.29, 1.82) is 0 Å². The van der Waals surface area contributed by atoms with E-state index < -0.39 is 10.0 Å². The number of carbonyl (C=O) groups excluding carboxylic acids is 1. The number of thiophene rings is 1. The molecule has 0 aliphatic carbocycles. The topological polar surface area (TPSA) is 60.9 Å². The average molecular weight is 462 g/mol. The Balaban J connectivity index is 1.41. The zero-order valence-corrected chi connectivity index (χ0v) is 19.8. The lowest BCUT2D eigenvalue weighted by Gasteiger charge is -2.35. The van der Waals surface area contributed by atoms with Crippen LogP contribution >= 0.6 is 11.3 Å². The summed E-state index contributed by atoms with van der Waals surface area (Å²) in [5.41, 5.74) is 1.33. The molecule has 0 N–H and O–H groups in total. The zero-order valence-electron chi connectivity index (χ0n) is 18.1. The fourth-order valence-electron chi connectivity index (χ4n) is 4.31. The molecule has 6 nitrogen and oxygen atoms in total. The number of piperazine rings is 1. The van der Waals surface area contributed by atoms with E-state index in [1.54, 1.807) is 33.8 Å². The first-order chi connectivity index (χ1) is 14.9. The van der Waals surface area contributed by atoms with Gasteiger partial charge in [0.05, 0.1) is 4.90 Å². The van der Waals surface area contributed by atoms with Gasteiger partial charge in [-0.15, -0.1) is 11.3 Å². The Morgan fingerprint density at radius 1 is 1.00 bits per heavy atom. The van der Waals surface area contributed by atoms with Crippen molar-refractivity contribution in [3.63, 3.8) is 0 Å². The van der Waals surface area contributed by atoms with Crippen LogP contribution < -0.4 is 0 Å². The Kier molecular flexibility index (Phi) is 7.11. The average Bonchev–Trinajstić information content (AvgIpc) is 3.32. The molecule has 8 heteroatoms. The van der Waals surface area contributed by atoms with Crippen molar-refractivity contribution in [3.8, 4) is 0 Å². The van der Waals surface area contributed by atoms with E-state index in [1.165, 1.54) is 4.88 Å². The van der Waals surface area contributed by atoms with Crippen molar-refractivity contribution in [2.75, 3.05) is 45.8 Å². The maximum atomic E-state index is 13.2. The fraction of sp³-hybridized carbons (Fsp3) is 0.522. The predicted octanol–water partition coefficient (Wildman–Crippen LogP) is 3.23. The number of carbonyl (C=O) groups is 1. The normalized spacial score (nSPS) is 18.9. The second-order valence-corrected chi connectivity index (χ2v) is 11.4. The Morgan fingerprint density at radius 2 is 1.74 bits per heavy atom. The largest absolute Gasteiger partial charge is 0.336 e. The van der Waals surface area contributed by atoms with Gasteiger partial charge in [0.1, 0.15) is 0 Å². The third-order valence-electron chi connectivity index (χ3n) is 6.31. The maximum absolute atomic E-state index is 13.2. The molecular weight excluding hydrogens is 430 g/mol. The zero-order chi connectivity index (χ0) is 21.8. The van der Waals surface area contributed by atoms with Gasteiger partial charge in [0.25, 0.3) is 5.91 Å². The highest BCUT2D eigenvalue weighted by Gasteiger charge is 2.28. The molecule has 2 aromatic rings. The van der Waals surface area contributed by atoms with Crippen molar-refractivity contribution in [1.82, 2.24) is 14.1 Å². The molecule has 0 atom stereocenters. The molecule has 4 rings (SSSR count). The van der Waals surface area contributed by atoms with Gasteiger partial charge < -0.3 is 4.90 Å². The molecular formula is C23H31N3O3S2. The van der Waals surface area contributed by atoms with E-state index in [9.17, 15) is 13.2 Å². The molecule has 0 unspecified atom stereocenters. The number of amides is 1. The van der Waals surface area contributed by atoms with Crippen LogP contribution in [0.1, 0.15) is 40.1 Å². The fourth-order valence-corrected chi connectivity index (χ4v) is 6.56. The number of rotatable bonds is 6. The Bertz CT molecular complexity index is 991. The molecule has 0 radical (unpaired) electrons. The summed E-state index contributed by atoms with van der Waals surface area (Å²) >= 11 is 1.79. The van der Waals surface area contributed by atoms with E-state index in [1.807, 2.05) is 11.8 Å². The first kappa shape index (κ1) is 22.5. The summed E-state index contributed by atoms with van der Waals surface area (Å²) in [5.74, 6) is -0.0638. The standard InChI is InChI=1S/C23H31N3O3S2/c1-19-7-8-21(31(28,29)26-10-3-2-4-11-26)18-22(19)23(27)25-15-13-24(14-16-25)12-9-20-6-5-17-30-20/h5-8,17-18H,2-4,9-16H2,1H3. The smallest absolute Gasteiger partial charge is 0.254 e. The van der Waals surface area contributed by atoms with E-state index in [-0.39, 0.29) is 10.8 Å². The summed E-state index contributed by atoms with van der Waals surface area (Å²) in [6.45, 7) is 7.05. The van der Waals surface area contributed by atoms with Crippen LogP contribution in [0.15, 0.2) is 40.6 Å². The van der Waals surface area contributed by atoms with Gasteiger partial charge in [-0.05, 0) is 55.3 Å². The van der Waals surface area contributed by atoms with Crippen molar-refractivity contribution in [2.24, 2.45) is 0 Å². The summed E-state index contributed by atoms with van der Waals surface area (Å²) in [6.07, 6.45) is 3.91. The highest BCUT2D eigenvalue weighted by molar-refractivity contribution is 7.89. The predicted molar refractivity (Wildman–Crippen MR) is 124 cm³/mol. The van der Waals surface area contributed by atoms with Gasteiger partial charge in [-0.1, -0.05) is 18.6 Å². The molecule has 2 aliphatic rings. The maximum Gasteiger partial charge on any atom is 0.254 e. The second-order valence-electron chi connectivity index (χ2n) is 8.40. The second kappa shape index (κ2) is 9.81. The van der Waals surface area contributed by atoms with Gasteiger partial charge >= 0.3 is 0 Å². The van der Waals surface area contributed by atoms with E-state index in [2.05, 4.69) is 22.4 Å². The van der Waals surface area contributed by atoms with Crippen molar-refractivity contribution in [3.05, 3.63) is 51.7 Å². The molecule has 0 saturated carbocycles. The first-order valence-corrected chi connectivity index (χ1v) is 13.4. The van der Waals surface area contributed by atoms with Gasteiger partial charge in [-0.3, -0.25) is 9.69 Å². The third kappa shape index (κ3) is 5.19. The minimum absolute atomic E-state index is 0.0638. The molecule has 1 amide bonds. The third-order valence-corrected chi connectivity index (χ3v) is 9.14. The molecule has 0 spiro atoms. The van der Waals surface area contributed by atoms with Crippen LogP contribution in [0.3, 0.4) is 0 Å². The van der Waals surface area contributed by atoms with Crippen LogP contribution in [0.4, 0.5) is 0 Å². The molecule has 3 heterocycles. The Labute approximate surface area is 189 Å². The Hall–Kier alpha value is -1.74. The first-order valence-electron chi connectivity index (χ1n) is 11.1. The molecule has 0 bridgehead atoms. The van der Waals surface area contributed by atoms with Crippen LogP contribution in [0, 0.1) is 6.92 Å². The number of aryl methyl sites for hydroxylation is 1. The minimum Gasteiger partial charge on any atom is -0.336 e. The summed E-state index contributed by atoms with van der Waals surface area (Å²) < 4.78 is 27.7. The van der Waals surface area contributed by atoms with Crippen LogP contribution in [0.2, 0.25) is 0 Å². The number of benzene rings is 1. The lowest BCUT2D eigenvalue weighted by molar-refractivity contribution is 0.0638. The van der Waals surface area contributed by atoms with Crippen molar-refractivity contribution in [2.45, 2.75) is 37.5 Å². The van der Waals surface area contributed by atoms with Crippen LogP contribution in [0.25, 0.3) is 0 Å². The minimum atomic E-state index is -3.55. The number of hydrogen-bond donors (Lipinski definition) is 0. The van der Waals surface area contributed by atoms with Crippen LogP contribution in [0.5, 0.6) is 0 Å². The summed E-state index contributed by atoms with van der Waals surface area (Å²) in [4.78, 5) is 19.1. The van der Waals surface area contributed by atoms with E-state index in [0.717, 1.165) is 50.9 Å². The molecule has 2 aliphatic heterocycles. The summed E-state index contributed by atoms with van der Waals surface area (Å²) in [7, 11) is -3.55. The van der Waals surface area contributed by atoms with Gasteiger partial charge in [-0.25, -0.2) is 8.42 Å². The number of hydrogen-bond acceptors (Lipinski definition) is 5. The summed E-state index contributed by atoms with van der Waals surface area (Å²) in [6, 6.07) is 9.24. The lowest BCUT2D eigenvalue weighted by Crippen LogP contribution is -2.49. The Morgan fingerprint density at radius 3 is 2.42 bits per heavy atom. The molecule has 168 valence electrons. The molecule has 2 fully saturated rings. The monoisotopic (exact) mass is 461 g/mol. The number of sulfonamides is 1. The molecule has 31 heavy (non-hydrogen) atoms. The highest BCUT2D eigenvalue weighted by Crippen LogP contribution is 2.24. The quantitative estimate of drug-likeness (QED) is 0.663. The molecule has 2 saturated heterocycles. The van der Waals surface area contributed by atoms with E-state index in [4.69, 9.17) is 0 Å². The lowest BCUT2D eigenvalue weighted by atomic mass is 10.1.